The van der Waals surface area contributed by atoms with Crippen LogP contribution in [-0.4, -0.2) is 74.7 Å². The second kappa shape index (κ2) is 29.5. The highest BCUT2D eigenvalue weighted by Gasteiger charge is 2.23. The van der Waals surface area contributed by atoms with Crippen LogP contribution >= 0.6 is 7.82 Å². The number of allylic oxidation sites excluding steroid dienone is 7. The van der Waals surface area contributed by atoms with Crippen LogP contribution in [0, 0.1) is 5.92 Å². The van der Waals surface area contributed by atoms with Gasteiger partial charge in [-0.3, -0.25) is 14.1 Å². The quantitative estimate of drug-likeness (QED) is 0.0188. The second-order valence-electron chi connectivity index (χ2n) is 12.2. The maximum Gasteiger partial charge on any atom is 0.469 e. The van der Waals surface area contributed by atoms with Crippen LogP contribution in [0.2, 0.25) is 0 Å². The van der Waals surface area contributed by atoms with E-state index in [9.17, 15) is 29.5 Å². The van der Waals surface area contributed by atoms with Gasteiger partial charge in [-0.25, -0.2) is 4.57 Å². The van der Waals surface area contributed by atoms with Crippen molar-refractivity contribution in [2.24, 2.45) is 5.92 Å². The number of aliphatic hydroxyl groups is 3. The van der Waals surface area contributed by atoms with Gasteiger partial charge in [-0.2, -0.15) is 0 Å². The molecule has 5 N–H and O–H groups in total. The van der Waals surface area contributed by atoms with Crippen molar-refractivity contribution in [2.45, 2.75) is 135 Å². The Kier molecular flexibility index (Phi) is 28.1. The standard InChI is InChI=1S/C36H61O11P/c1-4-5-15-22-31(37)23-17-12-9-10-13-18-24-33(38)34(39)25-20-27-36(41)47-32(29-46-48(42,43)44)28-45-35(40)26-19-14-8-6-7-11-16-21-30(2)3/h5,9-10,12-13,15,17-18,23-24,30-34,37-39H,4,6-8,11,14,16,19-22,25-29H2,1-3H3,(H2,42,43,44)/b12-9+,13-10-,15-5-,23-17+,24-18-/t31-,32+,33+,34+/m0/s1. The predicted molar refractivity (Wildman–Crippen MR) is 188 cm³/mol. The maximum atomic E-state index is 12.4. The molecule has 0 spiro atoms. The molecule has 0 aliphatic carbocycles. The Morgan fingerprint density at radius 2 is 1.29 bits per heavy atom. The smallest absolute Gasteiger partial charge is 0.462 e. The predicted octanol–water partition coefficient (Wildman–Crippen LogP) is 6.55. The summed E-state index contributed by atoms with van der Waals surface area (Å²) in [6.45, 7) is 5.40. The van der Waals surface area contributed by atoms with Gasteiger partial charge in [-0.1, -0.05) is 126 Å². The third-order valence-electron chi connectivity index (χ3n) is 7.07. The van der Waals surface area contributed by atoms with Crippen molar-refractivity contribution in [3.05, 3.63) is 60.8 Å². The lowest BCUT2D eigenvalue weighted by atomic mass is 10.0. The molecule has 0 aromatic carbocycles. The molecular weight excluding hydrogens is 639 g/mol. The normalized spacial score (nSPS) is 15.4. The van der Waals surface area contributed by atoms with E-state index in [1.807, 2.05) is 19.1 Å². The summed E-state index contributed by atoms with van der Waals surface area (Å²) in [7, 11) is -4.85. The van der Waals surface area contributed by atoms with Gasteiger partial charge in [0, 0.05) is 12.8 Å². The summed E-state index contributed by atoms with van der Waals surface area (Å²) in [4.78, 5) is 42.6. The van der Waals surface area contributed by atoms with Gasteiger partial charge in [-0.15, -0.1) is 0 Å². The lowest BCUT2D eigenvalue weighted by molar-refractivity contribution is -0.161. The third-order valence-corrected chi connectivity index (χ3v) is 7.56. The number of rotatable bonds is 29. The van der Waals surface area contributed by atoms with Crippen LogP contribution in [0.1, 0.15) is 111 Å². The van der Waals surface area contributed by atoms with Crippen molar-refractivity contribution in [3.8, 4) is 0 Å². The number of phosphoric ester groups is 1. The fraction of sp³-hybridized carbons (Fsp3) is 0.667. The fourth-order valence-corrected chi connectivity index (χ4v) is 4.73. The zero-order chi connectivity index (χ0) is 36.0. The minimum Gasteiger partial charge on any atom is -0.462 e. The van der Waals surface area contributed by atoms with Crippen molar-refractivity contribution < 1.29 is 53.3 Å². The molecule has 0 aliphatic heterocycles. The van der Waals surface area contributed by atoms with Gasteiger partial charge in [0.1, 0.15) is 6.61 Å². The van der Waals surface area contributed by atoms with Gasteiger partial charge in [0.15, 0.2) is 6.10 Å². The maximum absolute atomic E-state index is 12.4. The number of carbonyl (C=O) groups is 2. The largest absolute Gasteiger partial charge is 0.469 e. The first-order chi connectivity index (χ1) is 22.8. The Bertz CT molecular complexity index is 1030. The summed E-state index contributed by atoms with van der Waals surface area (Å²) in [6, 6.07) is 0. The van der Waals surface area contributed by atoms with Gasteiger partial charge < -0.3 is 34.6 Å². The third kappa shape index (κ3) is 30.9. The lowest BCUT2D eigenvalue weighted by Crippen LogP contribution is -2.29. The molecule has 48 heavy (non-hydrogen) atoms. The summed E-state index contributed by atoms with van der Waals surface area (Å²) < 4.78 is 26.0. The van der Waals surface area contributed by atoms with E-state index < -0.39 is 57.4 Å². The zero-order valence-corrected chi connectivity index (χ0v) is 30.0. The van der Waals surface area contributed by atoms with E-state index in [1.54, 1.807) is 42.5 Å². The summed E-state index contributed by atoms with van der Waals surface area (Å²) in [5, 5.41) is 30.2. The number of carbonyl (C=O) groups excluding carboxylic acids is 2. The van der Waals surface area contributed by atoms with Gasteiger partial charge in [0.2, 0.25) is 0 Å². The molecule has 0 radical (unpaired) electrons. The molecule has 0 bridgehead atoms. The molecular formula is C36H61O11P. The van der Waals surface area contributed by atoms with Crippen LogP contribution in [0.5, 0.6) is 0 Å². The molecule has 0 aromatic rings. The van der Waals surface area contributed by atoms with Crippen LogP contribution < -0.4 is 0 Å². The van der Waals surface area contributed by atoms with Gasteiger partial charge in [0.05, 0.1) is 24.9 Å². The minimum absolute atomic E-state index is 0.0847. The highest BCUT2D eigenvalue weighted by Crippen LogP contribution is 2.36. The molecule has 0 amide bonds. The molecule has 11 nitrogen and oxygen atoms in total. The summed E-state index contributed by atoms with van der Waals surface area (Å²) in [5.41, 5.74) is 0. The zero-order valence-electron chi connectivity index (χ0n) is 29.1. The first-order valence-corrected chi connectivity index (χ1v) is 18.8. The topological polar surface area (TPSA) is 180 Å². The van der Waals surface area contributed by atoms with Crippen molar-refractivity contribution in [1.29, 1.82) is 0 Å². The highest BCUT2D eigenvalue weighted by molar-refractivity contribution is 7.46. The van der Waals surface area contributed by atoms with Crippen LogP contribution in [0.25, 0.3) is 0 Å². The molecule has 0 fully saturated rings. The Hall–Kier alpha value is -2.37. The average Bonchev–Trinajstić information content (AvgIpc) is 3.02. The fourth-order valence-electron chi connectivity index (χ4n) is 4.37. The molecule has 0 rings (SSSR count). The Morgan fingerprint density at radius 3 is 1.92 bits per heavy atom. The highest BCUT2D eigenvalue weighted by atomic mass is 31.2. The van der Waals surface area contributed by atoms with E-state index in [2.05, 4.69) is 18.4 Å². The number of hydrogen-bond donors (Lipinski definition) is 5. The van der Waals surface area contributed by atoms with E-state index in [4.69, 9.17) is 19.3 Å². The monoisotopic (exact) mass is 700 g/mol. The number of ether oxygens (including phenoxy) is 2. The number of esters is 2. The molecule has 0 aliphatic rings. The van der Waals surface area contributed by atoms with E-state index >= 15 is 0 Å². The van der Waals surface area contributed by atoms with Crippen molar-refractivity contribution in [1.82, 2.24) is 0 Å². The van der Waals surface area contributed by atoms with Gasteiger partial charge >= 0.3 is 19.8 Å². The Morgan fingerprint density at radius 1 is 0.708 bits per heavy atom. The molecule has 276 valence electrons. The van der Waals surface area contributed by atoms with Crippen LogP contribution in [0.4, 0.5) is 0 Å². The van der Waals surface area contributed by atoms with Crippen LogP contribution in [0.15, 0.2) is 60.8 Å². The molecule has 12 heteroatoms. The Balaban J connectivity index is 4.44. The summed E-state index contributed by atoms with van der Waals surface area (Å²) in [5.74, 6) is -0.500. The number of hydrogen-bond acceptors (Lipinski definition) is 9. The molecule has 0 saturated heterocycles. The van der Waals surface area contributed by atoms with E-state index in [0.29, 0.717) is 12.8 Å². The van der Waals surface area contributed by atoms with E-state index in [1.165, 1.54) is 31.8 Å². The number of aliphatic hydroxyl groups excluding tert-OH is 3. The lowest BCUT2D eigenvalue weighted by Gasteiger charge is -2.19. The average molecular weight is 701 g/mol. The summed E-state index contributed by atoms with van der Waals surface area (Å²) in [6.07, 6.45) is 23.5. The van der Waals surface area contributed by atoms with Crippen molar-refractivity contribution in [2.75, 3.05) is 13.2 Å². The van der Waals surface area contributed by atoms with Crippen molar-refractivity contribution in [3.63, 3.8) is 0 Å². The molecule has 0 unspecified atom stereocenters. The second-order valence-corrected chi connectivity index (χ2v) is 13.4. The molecule has 0 aromatic heterocycles. The van der Waals surface area contributed by atoms with Crippen LogP contribution in [0.3, 0.4) is 0 Å². The van der Waals surface area contributed by atoms with Crippen molar-refractivity contribution >= 4 is 19.8 Å². The van der Waals surface area contributed by atoms with Gasteiger partial charge in [-0.05, 0) is 38.0 Å². The number of unbranched alkanes of at least 4 members (excludes halogenated alkanes) is 6. The first-order valence-electron chi connectivity index (χ1n) is 17.3. The minimum atomic E-state index is -4.85. The molecule has 0 saturated carbocycles. The summed E-state index contributed by atoms with van der Waals surface area (Å²) >= 11 is 0. The molecule has 0 heterocycles. The van der Waals surface area contributed by atoms with Gasteiger partial charge in [0.25, 0.3) is 0 Å². The Labute approximate surface area is 287 Å². The molecule has 4 atom stereocenters. The van der Waals surface area contributed by atoms with E-state index in [0.717, 1.165) is 31.6 Å². The first kappa shape index (κ1) is 45.6. The number of phosphoric acid groups is 1. The van der Waals surface area contributed by atoms with E-state index in [-0.39, 0.29) is 25.7 Å². The SMILES string of the molecule is CC/C=C\C[C@H](O)/C=C/C=C/C=C\C=C/[C@@H](O)[C@H](O)CCCC(=O)O[C@H](COC(=O)CCCCCCCCCC(C)C)COP(=O)(O)O. The van der Waals surface area contributed by atoms with Crippen LogP contribution in [-0.2, 0) is 28.2 Å².